The van der Waals surface area contributed by atoms with Crippen LogP contribution in [-0.4, -0.2) is 47.7 Å². The lowest BCUT2D eigenvalue weighted by atomic mass is 9.86. The number of rotatable bonds is 8. The summed E-state index contributed by atoms with van der Waals surface area (Å²) in [4.78, 5) is 27.2. The quantitative estimate of drug-likeness (QED) is 0.622. The van der Waals surface area contributed by atoms with Gasteiger partial charge < -0.3 is 15.2 Å². The van der Waals surface area contributed by atoms with E-state index >= 15 is 0 Å². The van der Waals surface area contributed by atoms with Gasteiger partial charge in [-0.15, -0.1) is 11.3 Å². The SMILES string of the molecule is O=C(CC(NCc1ccc(C(=O)O)s1)c1ccccc1F)O[C@H]1CN2CCC1CC2. The molecule has 3 saturated heterocycles. The zero-order valence-corrected chi connectivity index (χ0v) is 17.4. The molecule has 0 radical (unpaired) electrons. The summed E-state index contributed by atoms with van der Waals surface area (Å²) in [6.07, 6.45) is 2.03. The highest BCUT2D eigenvalue weighted by Crippen LogP contribution is 2.30. The molecule has 0 amide bonds. The molecule has 3 aliphatic rings. The number of piperidine rings is 3. The molecule has 2 aromatic rings. The van der Waals surface area contributed by atoms with Crippen LogP contribution in [0.5, 0.6) is 0 Å². The number of fused-ring (bicyclic) bond motifs is 3. The van der Waals surface area contributed by atoms with Crippen molar-refractivity contribution in [3.8, 4) is 0 Å². The minimum absolute atomic E-state index is 0.0152. The van der Waals surface area contributed by atoms with Crippen molar-refractivity contribution in [2.45, 2.75) is 38.0 Å². The molecule has 3 aliphatic heterocycles. The highest BCUT2D eigenvalue weighted by molar-refractivity contribution is 7.13. The number of benzene rings is 1. The fourth-order valence-corrected chi connectivity index (χ4v) is 5.09. The molecule has 1 unspecified atom stereocenters. The molecule has 160 valence electrons. The lowest BCUT2D eigenvalue weighted by Gasteiger charge is -2.44. The van der Waals surface area contributed by atoms with Gasteiger partial charge in [0.2, 0.25) is 0 Å². The summed E-state index contributed by atoms with van der Waals surface area (Å²) in [5.41, 5.74) is 0.401. The maximum Gasteiger partial charge on any atom is 0.345 e. The maximum atomic E-state index is 14.4. The number of carboxylic acid groups (broad SMARTS) is 1. The van der Waals surface area contributed by atoms with E-state index in [0.29, 0.717) is 18.0 Å². The number of ether oxygens (including phenoxy) is 1. The van der Waals surface area contributed by atoms with E-state index in [2.05, 4.69) is 10.2 Å². The van der Waals surface area contributed by atoms with E-state index in [1.165, 1.54) is 6.07 Å². The van der Waals surface area contributed by atoms with Crippen molar-refractivity contribution in [2.75, 3.05) is 19.6 Å². The first-order chi connectivity index (χ1) is 14.5. The van der Waals surface area contributed by atoms with E-state index in [-0.39, 0.29) is 29.2 Å². The van der Waals surface area contributed by atoms with Crippen LogP contribution in [0.3, 0.4) is 0 Å². The Morgan fingerprint density at radius 2 is 2.00 bits per heavy atom. The van der Waals surface area contributed by atoms with Gasteiger partial charge in [-0.05, 0) is 50.0 Å². The summed E-state index contributed by atoms with van der Waals surface area (Å²) < 4.78 is 20.2. The van der Waals surface area contributed by atoms with Crippen LogP contribution in [0.25, 0.3) is 0 Å². The molecular weight excluding hydrogens is 407 g/mol. The molecule has 0 aliphatic carbocycles. The first kappa shape index (κ1) is 21.0. The minimum atomic E-state index is -0.974. The smallest absolute Gasteiger partial charge is 0.345 e. The van der Waals surface area contributed by atoms with Gasteiger partial charge in [0, 0.05) is 29.6 Å². The molecule has 0 spiro atoms. The Morgan fingerprint density at radius 1 is 1.23 bits per heavy atom. The summed E-state index contributed by atoms with van der Waals surface area (Å²) >= 11 is 1.16. The molecular formula is C22H25FN2O4S. The second kappa shape index (κ2) is 9.24. The van der Waals surface area contributed by atoms with Crippen LogP contribution in [0.1, 0.15) is 45.4 Å². The van der Waals surface area contributed by atoms with Crippen LogP contribution in [-0.2, 0) is 16.1 Å². The van der Waals surface area contributed by atoms with Gasteiger partial charge in [-0.2, -0.15) is 0 Å². The predicted molar refractivity (Wildman–Crippen MR) is 111 cm³/mol. The van der Waals surface area contributed by atoms with E-state index in [4.69, 9.17) is 9.84 Å². The van der Waals surface area contributed by atoms with Crippen molar-refractivity contribution in [1.82, 2.24) is 10.2 Å². The lowest BCUT2D eigenvalue weighted by Crippen LogP contribution is -2.52. The maximum absolute atomic E-state index is 14.4. The van der Waals surface area contributed by atoms with Gasteiger partial charge in [-0.3, -0.25) is 9.69 Å². The van der Waals surface area contributed by atoms with Gasteiger partial charge in [0.05, 0.1) is 6.42 Å². The third kappa shape index (κ3) is 4.88. The molecule has 5 rings (SSSR count). The number of nitrogens with one attached hydrogen (secondary N) is 1. The number of esters is 1. The number of hydrogen-bond acceptors (Lipinski definition) is 6. The van der Waals surface area contributed by atoms with Crippen molar-refractivity contribution in [3.05, 3.63) is 57.5 Å². The molecule has 1 aromatic heterocycles. The predicted octanol–water partition coefficient (Wildman–Crippen LogP) is 3.44. The molecule has 4 heterocycles. The monoisotopic (exact) mass is 432 g/mol. The number of halogens is 1. The number of carboxylic acids is 1. The summed E-state index contributed by atoms with van der Waals surface area (Å²) in [7, 11) is 0. The van der Waals surface area contributed by atoms with Crippen LogP contribution < -0.4 is 5.32 Å². The van der Waals surface area contributed by atoms with Crippen molar-refractivity contribution in [2.24, 2.45) is 5.92 Å². The third-order valence-corrected chi connectivity index (χ3v) is 7.00. The number of thiophene rings is 1. The van der Waals surface area contributed by atoms with Crippen LogP contribution in [0, 0.1) is 11.7 Å². The van der Waals surface area contributed by atoms with Gasteiger partial charge in [-0.1, -0.05) is 18.2 Å². The van der Waals surface area contributed by atoms with E-state index < -0.39 is 12.0 Å². The molecule has 0 saturated carbocycles. The summed E-state index contributed by atoms with van der Waals surface area (Å²) in [6.45, 7) is 3.25. The molecule has 3 fully saturated rings. The summed E-state index contributed by atoms with van der Waals surface area (Å²) in [6, 6.07) is 9.09. The van der Waals surface area contributed by atoms with Gasteiger partial charge in [0.25, 0.3) is 0 Å². The van der Waals surface area contributed by atoms with Gasteiger partial charge in [-0.25, -0.2) is 9.18 Å². The fourth-order valence-electron chi connectivity index (χ4n) is 4.29. The fraction of sp³-hybridized carbons (Fsp3) is 0.455. The lowest BCUT2D eigenvalue weighted by molar-refractivity contribution is -0.159. The molecule has 2 N–H and O–H groups in total. The minimum Gasteiger partial charge on any atom is -0.477 e. The Hall–Kier alpha value is -2.29. The second-order valence-corrected chi connectivity index (χ2v) is 9.06. The molecule has 30 heavy (non-hydrogen) atoms. The van der Waals surface area contributed by atoms with Gasteiger partial charge in [0.1, 0.15) is 16.8 Å². The largest absolute Gasteiger partial charge is 0.477 e. The first-order valence-electron chi connectivity index (χ1n) is 10.2. The van der Waals surface area contributed by atoms with Crippen molar-refractivity contribution in [1.29, 1.82) is 0 Å². The van der Waals surface area contributed by atoms with Gasteiger partial charge >= 0.3 is 11.9 Å². The Morgan fingerprint density at radius 3 is 2.63 bits per heavy atom. The van der Waals surface area contributed by atoms with Crippen molar-refractivity contribution < 1.29 is 23.8 Å². The van der Waals surface area contributed by atoms with Crippen molar-refractivity contribution >= 4 is 23.3 Å². The first-order valence-corrected chi connectivity index (χ1v) is 11.0. The Bertz CT molecular complexity index is 910. The Balaban J connectivity index is 1.42. The van der Waals surface area contributed by atoms with E-state index in [9.17, 15) is 14.0 Å². The van der Waals surface area contributed by atoms with E-state index in [1.54, 1.807) is 30.3 Å². The average Bonchev–Trinajstić information content (AvgIpc) is 3.22. The number of nitrogens with zero attached hydrogens (tertiary/aromatic N) is 1. The number of carbonyl (C=O) groups is 2. The van der Waals surface area contributed by atoms with Gasteiger partial charge in [0.15, 0.2) is 0 Å². The van der Waals surface area contributed by atoms with Crippen LogP contribution in [0.2, 0.25) is 0 Å². The van der Waals surface area contributed by atoms with Crippen LogP contribution in [0.4, 0.5) is 4.39 Å². The average molecular weight is 433 g/mol. The number of aromatic carboxylic acids is 1. The van der Waals surface area contributed by atoms with Crippen LogP contribution in [0.15, 0.2) is 36.4 Å². The zero-order chi connectivity index (χ0) is 21.1. The summed E-state index contributed by atoms with van der Waals surface area (Å²) in [5, 5.41) is 12.3. The number of carbonyl (C=O) groups excluding carboxylic acids is 1. The molecule has 1 aromatic carbocycles. The molecule has 2 bridgehead atoms. The second-order valence-electron chi connectivity index (χ2n) is 7.90. The highest BCUT2D eigenvalue weighted by Gasteiger charge is 2.36. The standard InChI is InChI=1S/C22H25FN2O4S/c23-17-4-2-1-3-16(17)18(24-12-15-5-6-20(30-15)22(27)28)11-21(26)29-19-13-25-9-7-14(19)8-10-25/h1-6,14,18-19,24H,7-13H2,(H,27,28)/t18?,19-/m0/s1. The Labute approximate surface area is 178 Å². The van der Waals surface area contributed by atoms with Crippen LogP contribution >= 0.6 is 11.3 Å². The van der Waals surface area contributed by atoms with Crippen molar-refractivity contribution in [3.63, 3.8) is 0 Å². The third-order valence-electron chi connectivity index (χ3n) is 5.93. The molecule has 8 heteroatoms. The zero-order valence-electron chi connectivity index (χ0n) is 16.6. The highest BCUT2D eigenvalue weighted by atomic mass is 32.1. The topological polar surface area (TPSA) is 78.9 Å². The molecule has 6 nitrogen and oxygen atoms in total. The normalized spacial score (nSPS) is 23.8. The summed E-state index contributed by atoms with van der Waals surface area (Å²) in [5.74, 6) is -1.28. The Kier molecular flexibility index (Phi) is 6.46. The van der Waals surface area contributed by atoms with E-state index in [1.807, 2.05) is 0 Å². The van der Waals surface area contributed by atoms with E-state index in [0.717, 1.165) is 48.7 Å². The molecule has 2 atom stereocenters. The number of hydrogen-bond donors (Lipinski definition) is 2.